The molecule has 3 aliphatic rings. The molecule has 2 unspecified atom stereocenters. The summed E-state index contributed by atoms with van der Waals surface area (Å²) >= 11 is 0. The summed E-state index contributed by atoms with van der Waals surface area (Å²) in [7, 11) is 0. The maximum atomic E-state index is 12.9. The molecule has 1 saturated carbocycles. The molecule has 2 aromatic rings. The van der Waals surface area contributed by atoms with Gasteiger partial charge >= 0.3 is 6.18 Å². The topological polar surface area (TPSA) is 32.7 Å². The number of benzene rings is 2. The van der Waals surface area contributed by atoms with Crippen molar-refractivity contribution in [2.45, 2.75) is 96.1 Å². The zero-order valence-electron chi connectivity index (χ0n) is 20.9. The number of hydrogen-bond donors (Lipinski definition) is 1. The van der Waals surface area contributed by atoms with Gasteiger partial charge in [0.2, 0.25) is 0 Å². The summed E-state index contributed by atoms with van der Waals surface area (Å²) in [5.74, 6) is 0.491. The molecule has 192 valence electrons. The number of hydrogen-bond acceptors (Lipinski definition) is 3. The van der Waals surface area contributed by atoms with Crippen molar-refractivity contribution in [2.24, 2.45) is 11.8 Å². The molecule has 2 heterocycles. The van der Waals surface area contributed by atoms with Gasteiger partial charge in [0, 0.05) is 18.6 Å². The Hall–Kier alpha value is -2.21. The first-order valence-corrected chi connectivity index (χ1v) is 13.0. The fraction of sp³-hybridized carbons (Fsp3) is 0.586. The van der Waals surface area contributed by atoms with Crippen molar-refractivity contribution < 1.29 is 23.0 Å². The van der Waals surface area contributed by atoms with Crippen molar-refractivity contribution in [1.29, 1.82) is 0 Å². The first-order valence-electron chi connectivity index (χ1n) is 13.0. The lowest BCUT2D eigenvalue weighted by atomic mass is 9.87. The van der Waals surface area contributed by atoms with Gasteiger partial charge in [0.05, 0.1) is 18.3 Å². The SMILES string of the molecule is C=CO.Cc1c(OC2CCC(C(F)(F)F)CC2)ccc2cc(CN3C4CCC3CC(C)C4)ccc12. The van der Waals surface area contributed by atoms with E-state index in [0.717, 1.165) is 42.1 Å². The zero-order chi connectivity index (χ0) is 25.2. The van der Waals surface area contributed by atoms with Crippen LogP contribution in [-0.2, 0) is 6.54 Å². The fourth-order valence-electron chi connectivity index (χ4n) is 6.44. The van der Waals surface area contributed by atoms with E-state index in [1.807, 2.05) is 6.07 Å². The Morgan fingerprint density at radius 1 is 1.03 bits per heavy atom. The van der Waals surface area contributed by atoms with Gasteiger partial charge in [0.25, 0.3) is 0 Å². The van der Waals surface area contributed by atoms with Crippen molar-refractivity contribution in [2.75, 3.05) is 0 Å². The standard InChI is InChI=1S/C27H34F3NO.C2H4O/c1-17-13-22-7-8-23(14-17)31(22)16-19-3-11-25-18(2)26(12-4-20(25)15-19)32-24-9-5-21(6-10-24)27(28,29)30;1-2-3/h3-4,11-12,15,17,21-24H,5-10,13-14,16H2,1-2H3;2-3H,1H2. The van der Waals surface area contributed by atoms with Crippen LogP contribution in [0.5, 0.6) is 5.75 Å². The van der Waals surface area contributed by atoms with E-state index >= 15 is 0 Å². The summed E-state index contributed by atoms with van der Waals surface area (Å²) in [5.41, 5.74) is 2.45. The van der Waals surface area contributed by atoms with E-state index in [0.29, 0.717) is 12.8 Å². The number of alkyl halides is 3. The van der Waals surface area contributed by atoms with Crippen LogP contribution in [0.3, 0.4) is 0 Å². The Labute approximate surface area is 207 Å². The smallest absolute Gasteiger partial charge is 0.391 e. The van der Waals surface area contributed by atoms with Gasteiger partial charge in [-0.05, 0) is 98.2 Å². The van der Waals surface area contributed by atoms with Gasteiger partial charge in [-0.3, -0.25) is 4.90 Å². The Kier molecular flexibility index (Phi) is 7.99. The highest BCUT2D eigenvalue weighted by atomic mass is 19.4. The Morgan fingerprint density at radius 3 is 2.26 bits per heavy atom. The van der Waals surface area contributed by atoms with Crippen LogP contribution in [0.1, 0.15) is 69.4 Å². The third kappa shape index (κ3) is 5.96. The van der Waals surface area contributed by atoms with Crippen molar-refractivity contribution in [3.8, 4) is 5.75 Å². The molecule has 2 atom stereocenters. The lowest BCUT2D eigenvalue weighted by Crippen LogP contribution is -2.41. The predicted molar refractivity (Wildman–Crippen MR) is 135 cm³/mol. The van der Waals surface area contributed by atoms with Gasteiger partial charge in [-0.2, -0.15) is 13.2 Å². The van der Waals surface area contributed by atoms with Gasteiger partial charge in [-0.25, -0.2) is 0 Å². The van der Waals surface area contributed by atoms with Crippen molar-refractivity contribution in [3.05, 3.63) is 54.3 Å². The number of piperidine rings is 1. The van der Waals surface area contributed by atoms with Crippen LogP contribution < -0.4 is 4.74 Å². The lowest BCUT2D eigenvalue weighted by molar-refractivity contribution is -0.185. The van der Waals surface area contributed by atoms with Crippen LogP contribution in [0, 0.1) is 18.8 Å². The Balaban J connectivity index is 0.000000917. The van der Waals surface area contributed by atoms with E-state index in [1.54, 1.807) is 0 Å². The fourth-order valence-corrected chi connectivity index (χ4v) is 6.44. The summed E-state index contributed by atoms with van der Waals surface area (Å²) in [4.78, 5) is 2.72. The van der Waals surface area contributed by atoms with Crippen LogP contribution in [0.15, 0.2) is 43.2 Å². The molecule has 2 aliphatic heterocycles. The number of fused-ring (bicyclic) bond motifs is 3. The van der Waals surface area contributed by atoms with Gasteiger partial charge in [-0.1, -0.05) is 31.7 Å². The van der Waals surface area contributed by atoms with Crippen LogP contribution in [0.4, 0.5) is 13.2 Å². The quantitative estimate of drug-likeness (QED) is 0.441. The summed E-state index contributed by atoms with van der Waals surface area (Å²) in [5, 5.41) is 9.72. The number of rotatable bonds is 4. The molecular weight excluding hydrogens is 451 g/mol. The average molecular weight is 490 g/mol. The molecule has 5 rings (SSSR count). The minimum absolute atomic E-state index is 0.124. The van der Waals surface area contributed by atoms with E-state index in [9.17, 15) is 13.2 Å². The highest BCUT2D eigenvalue weighted by molar-refractivity contribution is 5.88. The highest BCUT2D eigenvalue weighted by Crippen LogP contribution is 2.41. The van der Waals surface area contributed by atoms with Gasteiger partial charge in [0.1, 0.15) is 5.75 Å². The van der Waals surface area contributed by atoms with Crippen LogP contribution >= 0.6 is 0 Å². The first-order chi connectivity index (χ1) is 16.7. The second-order valence-corrected chi connectivity index (χ2v) is 10.7. The summed E-state index contributed by atoms with van der Waals surface area (Å²) in [6.07, 6.45) is 3.16. The third-order valence-corrected chi connectivity index (χ3v) is 8.22. The molecular formula is C29H38F3NO2. The predicted octanol–water partition coefficient (Wildman–Crippen LogP) is 8.10. The summed E-state index contributed by atoms with van der Waals surface area (Å²) < 4.78 is 45.0. The Bertz CT molecular complexity index is 999. The Morgan fingerprint density at radius 2 is 1.66 bits per heavy atom. The number of halogens is 3. The van der Waals surface area contributed by atoms with Gasteiger partial charge in [0.15, 0.2) is 0 Å². The van der Waals surface area contributed by atoms with Gasteiger partial charge in [-0.15, -0.1) is 0 Å². The molecule has 1 N–H and O–H groups in total. The van der Waals surface area contributed by atoms with E-state index in [4.69, 9.17) is 9.84 Å². The number of aliphatic hydroxyl groups excluding tert-OH is 1. The molecule has 0 radical (unpaired) electrons. The average Bonchev–Trinajstić information content (AvgIpc) is 3.04. The normalized spacial score (nSPS) is 28.9. The van der Waals surface area contributed by atoms with Crippen LogP contribution in [0.25, 0.3) is 10.8 Å². The minimum Gasteiger partial charge on any atom is -0.516 e. The molecule has 0 spiro atoms. The summed E-state index contributed by atoms with van der Waals surface area (Å²) in [6, 6.07) is 12.3. The first kappa shape index (κ1) is 25.9. The third-order valence-electron chi connectivity index (χ3n) is 8.22. The van der Waals surface area contributed by atoms with E-state index in [-0.39, 0.29) is 18.9 Å². The molecule has 2 bridgehead atoms. The largest absolute Gasteiger partial charge is 0.516 e. The van der Waals surface area contributed by atoms with E-state index in [2.05, 4.69) is 49.6 Å². The lowest BCUT2D eigenvalue weighted by Gasteiger charge is -2.38. The van der Waals surface area contributed by atoms with Crippen molar-refractivity contribution in [3.63, 3.8) is 0 Å². The van der Waals surface area contributed by atoms with Gasteiger partial charge < -0.3 is 9.84 Å². The number of aliphatic hydroxyl groups is 1. The maximum Gasteiger partial charge on any atom is 0.391 e. The molecule has 3 fully saturated rings. The van der Waals surface area contributed by atoms with Crippen LogP contribution in [0.2, 0.25) is 0 Å². The zero-order valence-corrected chi connectivity index (χ0v) is 20.9. The number of aryl methyl sites for hydroxylation is 1. The number of ether oxygens (including phenoxy) is 1. The van der Waals surface area contributed by atoms with Crippen molar-refractivity contribution in [1.82, 2.24) is 4.90 Å². The molecule has 2 aromatic carbocycles. The van der Waals surface area contributed by atoms with E-state index in [1.165, 1.54) is 42.0 Å². The summed E-state index contributed by atoms with van der Waals surface area (Å²) in [6.45, 7) is 8.39. The second kappa shape index (κ2) is 10.8. The van der Waals surface area contributed by atoms with Crippen LogP contribution in [-0.4, -0.2) is 34.4 Å². The highest BCUT2D eigenvalue weighted by Gasteiger charge is 2.42. The molecule has 6 heteroatoms. The molecule has 0 amide bonds. The monoisotopic (exact) mass is 489 g/mol. The molecule has 2 saturated heterocycles. The number of nitrogens with zero attached hydrogens (tertiary/aromatic N) is 1. The van der Waals surface area contributed by atoms with Crippen molar-refractivity contribution >= 4 is 10.8 Å². The molecule has 35 heavy (non-hydrogen) atoms. The molecule has 0 aromatic heterocycles. The van der Waals surface area contributed by atoms with E-state index < -0.39 is 12.1 Å². The molecule has 3 nitrogen and oxygen atoms in total. The minimum atomic E-state index is -4.08. The second-order valence-electron chi connectivity index (χ2n) is 10.7. The maximum absolute atomic E-state index is 12.9. The molecule has 1 aliphatic carbocycles.